The number of rotatable bonds is 2. The van der Waals surface area contributed by atoms with E-state index in [1.807, 2.05) is 0 Å². The summed E-state index contributed by atoms with van der Waals surface area (Å²) in [5.41, 5.74) is 1.23. The molecule has 1 aromatic rings. The maximum absolute atomic E-state index is 12.2. The van der Waals surface area contributed by atoms with Crippen molar-refractivity contribution in [3.63, 3.8) is 0 Å². The number of aryl methyl sites for hydroxylation is 2. The van der Waals surface area contributed by atoms with Crippen molar-refractivity contribution in [1.29, 1.82) is 0 Å². The van der Waals surface area contributed by atoms with Crippen LogP contribution in [0.25, 0.3) is 0 Å². The molecule has 4 nitrogen and oxygen atoms in total. The Labute approximate surface area is 124 Å². The van der Waals surface area contributed by atoms with E-state index in [4.69, 9.17) is 0 Å². The molecule has 0 saturated carbocycles. The number of carbonyl (C=O) groups is 1. The Hall–Kier alpha value is -0.940. The second-order valence-corrected chi connectivity index (χ2v) is 6.90. The number of nitrogens with one attached hydrogen (secondary N) is 2. The molecule has 1 aliphatic heterocycles. The van der Waals surface area contributed by atoms with Crippen LogP contribution in [0.15, 0.2) is 0 Å². The van der Waals surface area contributed by atoms with Gasteiger partial charge in [0, 0.05) is 10.8 Å². The van der Waals surface area contributed by atoms with Gasteiger partial charge in [0.1, 0.15) is 0 Å². The van der Waals surface area contributed by atoms with Gasteiger partial charge in [-0.15, -0.1) is 11.3 Å². The van der Waals surface area contributed by atoms with E-state index in [2.05, 4.69) is 15.6 Å². The number of aromatic nitrogens is 1. The first-order chi connectivity index (χ1) is 9.83. The zero-order chi connectivity index (χ0) is 13.8. The summed E-state index contributed by atoms with van der Waals surface area (Å²) in [6.45, 7) is 1.90. The highest BCUT2D eigenvalue weighted by Gasteiger charge is 2.22. The van der Waals surface area contributed by atoms with Crippen LogP contribution < -0.4 is 10.6 Å². The molecule has 2 heterocycles. The standard InChI is InChI=1S/C15H23N3OS/c19-14(11-7-9-16-10-8-11)18-15-17-12-5-3-1-2-4-6-13(12)20-15/h11,16H,1-10H2,(H,17,18,19). The molecule has 2 N–H and O–H groups in total. The van der Waals surface area contributed by atoms with Gasteiger partial charge in [0.25, 0.3) is 0 Å². The van der Waals surface area contributed by atoms with Crippen LogP contribution in [0.5, 0.6) is 0 Å². The first-order valence-corrected chi connectivity index (χ1v) is 8.65. The van der Waals surface area contributed by atoms with Gasteiger partial charge in [-0.3, -0.25) is 4.79 Å². The highest BCUT2D eigenvalue weighted by molar-refractivity contribution is 7.15. The molecule has 1 aliphatic carbocycles. The molecule has 0 atom stereocenters. The van der Waals surface area contributed by atoms with Gasteiger partial charge in [0.2, 0.25) is 5.91 Å². The Balaban J connectivity index is 1.64. The van der Waals surface area contributed by atoms with E-state index in [9.17, 15) is 4.79 Å². The van der Waals surface area contributed by atoms with E-state index in [1.54, 1.807) is 11.3 Å². The first-order valence-electron chi connectivity index (χ1n) is 7.83. The van der Waals surface area contributed by atoms with Crippen molar-refractivity contribution < 1.29 is 4.79 Å². The van der Waals surface area contributed by atoms with Gasteiger partial charge in [0.15, 0.2) is 5.13 Å². The Kier molecular flexibility index (Phi) is 4.68. The molecular formula is C15H23N3OS. The Morgan fingerprint density at radius 3 is 2.70 bits per heavy atom. The summed E-state index contributed by atoms with van der Waals surface area (Å²) in [6.07, 6.45) is 9.23. The van der Waals surface area contributed by atoms with Crippen LogP contribution in [-0.2, 0) is 17.6 Å². The van der Waals surface area contributed by atoms with Gasteiger partial charge < -0.3 is 10.6 Å². The van der Waals surface area contributed by atoms with Gasteiger partial charge >= 0.3 is 0 Å². The van der Waals surface area contributed by atoms with Crippen molar-refractivity contribution in [3.8, 4) is 0 Å². The van der Waals surface area contributed by atoms with Gasteiger partial charge in [0.05, 0.1) is 5.69 Å². The van der Waals surface area contributed by atoms with Crippen LogP contribution in [0.4, 0.5) is 5.13 Å². The summed E-state index contributed by atoms with van der Waals surface area (Å²) in [6, 6.07) is 0. The van der Waals surface area contributed by atoms with E-state index in [0.29, 0.717) is 0 Å². The van der Waals surface area contributed by atoms with Gasteiger partial charge in [-0.2, -0.15) is 0 Å². The molecule has 1 aromatic heterocycles. The Morgan fingerprint density at radius 1 is 1.15 bits per heavy atom. The molecule has 1 saturated heterocycles. The molecule has 0 bridgehead atoms. The number of anilines is 1. The summed E-state index contributed by atoms with van der Waals surface area (Å²) in [7, 11) is 0. The molecule has 20 heavy (non-hydrogen) atoms. The van der Waals surface area contributed by atoms with Crippen molar-refractivity contribution in [3.05, 3.63) is 10.6 Å². The highest BCUT2D eigenvalue weighted by Crippen LogP contribution is 2.29. The maximum Gasteiger partial charge on any atom is 0.229 e. The third-order valence-corrected chi connectivity index (χ3v) is 5.36. The minimum Gasteiger partial charge on any atom is -0.317 e. The normalized spacial score (nSPS) is 20.8. The predicted octanol–water partition coefficient (Wildman–Crippen LogP) is 2.74. The molecule has 0 spiro atoms. The fourth-order valence-electron chi connectivity index (χ4n) is 3.05. The van der Waals surface area contributed by atoms with Crippen LogP contribution in [0.2, 0.25) is 0 Å². The molecular weight excluding hydrogens is 270 g/mol. The number of thiazole rings is 1. The molecule has 110 valence electrons. The second-order valence-electron chi connectivity index (χ2n) is 5.82. The van der Waals surface area contributed by atoms with E-state index < -0.39 is 0 Å². The molecule has 0 aromatic carbocycles. The van der Waals surface area contributed by atoms with Gasteiger partial charge in [-0.05, 0) is 51.6 Å². The lowest BCUT2D eigenvalue weighted by Gasteiger charge is -2.21. The van der Waals surface area contributed by atoms with Crippen LogP contribution in [0, 0.1) is 5.92 Å². The zero-order valence-corrected chi connectivity index (χ0v) is 12.7. The van der Waals surface area contributed by atoms with Crippen LogP contribution in [0.1, 0.15) is 49.1 Å². The monoisotopic (exact) mass is 293 g/mol. The lowest BCUT2D eigenvalue weighted by atomic mass is 9.97. The summed E-state index contributed by atoms with van der Waals surface area (Å²) >= 11 is 1.69. The molecule has 1 fully saturated rings. The Bertz CT molecular complexity index is 440. The maximum atomic E-state index is 12.2. The van der Waals surface area contributed by atoms with Crippen molar-refractivity contribution in [1.82, 2.24) is 10.3 Å². The molecule has 0 radical (unpaired) electrons. The van der Waals surface area contributed by atoms with Crippen molar-refractivity contribution in [2.45, 2.75) is 51.4 Å². The van der Waals surface area contributed by atoms with E-state index in [1.165, 1.54) is 36.3 Å². The number of fused-ring (bicyclic) bond motifs is 1. The summed E-state index contributed by atoms with van der Waals surface area (Å²) in [4.78, 5) is 18.3. The fourth-order valence-corrected chi connectivity index (χ4v) is 4.10. The third-order valence-electron chi connectivity index (χ3n) is 4.29. The third kappa shape index (κ3) is 3.38. The van der Waals surface area contributed by atoms with E-state index in [-0.39, 0.29) is 11.8 Å². The fraction of sp³-hybridized carbons (Fsp3) is 0.733. The molecule has 1 amide bonds. The lowest BCUT2D eigenvalue weighted by molar-refractivity contribution is -0.120. The minimum atomic E-state index is 0.155. The number of piperidine rings is 1. The number of nitrogens with zero attached hydrogens (tertiary/aromatic N) is 1. The number of carbonyl (C=O) groups excluding carboxylic acids is 1. The van der Waals surface area contributed by atoms with Crippen molar-refractivity contribution >= 4 is 22.4 Å². The summed E-state index contributed by atoms with van der Waals surface area (Å²) in [5.74, 6) is 0.316. The largest absolute Gasteiger partial charge is 0.317 e. The summed E-state index contributed by atoms with van der Waals surface area (Å²) in [5, 5.41) is 7.16. The lowest BCUT2D eigenvalue weighted by Crippen LogP contribution is -2.34. The van der Waals surface area contributed by atoms with E-state index >= 15 is 0 Å². The smallest absolute Gasteiger partial charge is 0.229 e. The van der Waals surface area contributed by atoms with Crippen LogP contribution >= 0.6 is 11.3 Å². The van der Waals surface area contributed by atoms with Gasteiger partial charge in [-0.25, -0.2) is 4.98 Å². The molecule has 3 rings (SSSR count). The molecule has 0 unspecified atom stereocenters. The molecule has 2 aliphatic rings. The zero-order valence-electron chi connectivity index (χ0n) is 11.9. The van der Waals surface area contributed by atoms with Gasteiger partial charge in [-0.1, -0.05) is 12.8 Å². The Morgan fingerprint density at radius 2 is 1.90 bits per heavy atom. The number of hydrogen-bond donors (Lipinski definition) is 2. The predicted molar refractivity (Wildman–Crippen MR) is 82.2 cm³/mol. The highest BCUT2D eigenvalue weighted by atomic mass is 32.1. The SMILES string of the molecule is O=C(Nc1nc2c(s1)CCCCCC2)C1CCNCC1. The average molecular weight is 293 g/mol. The second kappa shape index (κ2) is 6.68. The summed E-state index contributed by atoms with van der Waals surface area (Å²) < 4.78 is 0. The number of amides is 1. The average Bonchev–Trinajstić information content (AvgIpc) is 2.81. The quantitative estimate of drug-likeness (QED) is 0.881. The van der Waals surface area contributed by atoms with Crippen LogP contribution in [-0.4, -0.2) is 24.0 Å². The van der Waals surface area contributed by atoms with Crippen molar-refractivity contribution in [2.75, 3.05) is 18.4 Å². The van der Waals surface area contributed by atoms with Crippen molar-refractivity contribution in [2.24, 2.45) is 5.92 Å². The van der Waals surface area contributed by atoms with Crippen LogP contribution in [0.3, 0.4) is 0 Å². The molecule has 5 heteroatoms. The number of hydrogen-bond acceptors (Lipinski definition) is 4. The van der Waals surface area contributed by atoms with E-state index in [0.717, 1.165) is 43.9 Å². The topological polar surface area (TPSA) is 54.0 Å². The first kappa shape index (κ1) is 14.0. The minimum absolute atomic E-state index is 0.155.